The number of nitrogens with zero attached hydrogens (tertiary/aromatic N) is 2. The average Bonchev–Trinajstić information content (AvgIpc) is 3.34. The lowest BCUT2D eigenvalue weighted by atomic mass is 10.1. The van der Waals surface area contributed by atoms with Crippen LogP contribution in [0.3, 0.4) is 0 Å². The summed E-state index contributed by atoms with van der Waals surface area (Å²) in [6.45, 7) is 2.82. The molecule has 1 saturated heterocycles. The van der Waals surface area contributed by atoms with Crippen LogP contribution in [0, 0.1) is 12.8 Å². The first-order valence-corrected chi connectivity index (χ1v) is 10.6. The van der Waals surface area contributed by atoms with Crippen LogP contribution >= 0.6 is 11.3 Å². The summed E-state index contributed by atoms with van der Waals surface area (Å²) in [5.74, 6) is -0.426. The number of carbonyl (C=O) groups excluding carboxylic acids is 2. The molecule has 2 amide bonds. The molecule has 6 heteroatoms. The van der Waals surface area contributed by atoms with Gasteiger partial charge in [0, 0.05) is 30.5 Å². The number of carbonyl (C=O) groups is 2. The molecule has 148 valence electrons. The Kier molecular flexibility index (Phi) is 5.71. The van der Waals surface area contributed by atoms with Crippen LogP contribution in [0.4, 0.5) is 5.69 Å². The maximum Gasteiger partial charge on any atom is 0.227 e. The third-order valence-corrected chi connectivity index (χ3v) is 5.98. The van der Waals surface area contributed by atoms with Crippen molar-refractivity contribution in [2.75, 3.05) is 11.4 Å². The monoisotopic (exact) mass is 405 g/mol. The highest BCUT2D eigenvalue weighted by atomic mass is 32.1. The normalized spacial score (nSPS) is 16.2. The number of anilines is 1. The van der Waals surface area contributed by atoms with Crippen LogP contribution in [0.1, 0.15) is 28.2 Å². The fraction of sp³-hybridized carbons (Fsp3) is 0.261. The van der Waals surface area contributed by atoms with E-state index in [2.05, 4.69) is 22.4 Å². The lowest BCUT2D eigenvalue weighted by molar-refractivity contribution is -0.126. The van der Waals surface area contributed by atoms with Gasteiger partial charge in [0.25, 0.3) is 0 Å². The number of aryl methyl sites for hydroxylation is 1. The third-order valence-electron chi connectivity index (χ3n) is 5.08. The zero-order chi connectivity index (χ0) is 20.2. The van der Waals surface area contributed by atoms with E-state index in [9.17, 15) is 9.59 Å². The molecule has 2 aromatic carbocycles. The van der Waals surface area contributed by atoms with E-state index in [0.29, 0.717) is 13.1 Å². The van der Waals surface area contributed by atoms with Gasteiger partial charge in [-0.1, -0.05) is 48.0 Å². The fourth-order valence-electron chi connectivity index (χ4n) is 3.46. The fourth-order valence-corrected chi connectivity index (χ4v) is 4.29. The van der Waals surface area contributed by atoms with E-state index in [4.69, 9.17) is 0 Å². The zero-order valence-electron chi connectivity index (χ0n) is 16.3. The van der Waals surface area contributed by atoms with Gasteiger partial charge in [-0.25, -0.2) is 4.98 Å². The van der Waals surface area contributed by atoms with Gasteiger partial charge >= 0.3 is 0 Å². The molecule has 1 aromatic heterocycles. The molecule has 0 saturated carbocycles. The molecule has 1 aliphatic rings. The highest BCUT2D eigenvalue weighted by Crippen LogP contribution is 2.25. The molecular weight excluding hydrogens is 382 g/mol. The van der Waals surface area contributed by atoms with Crippen molar-refractivity contribution in [3.63, 3.8) is 0 Å². The number of hydrogen-bond acceptors (Lipinski definition) is 4. The van der Waals surface area contributed by atoms with Crippen LogP contribution in [-0.4, -0.2) is 23.3 Å². The molecule has 29 heavy (non-hydrogen) atoms. The van der Waals surface area contributed by atoms with E-state index in [1.54, 1.807) is 16.2 Å². The van der Waals surface area contributed by atoms with Crippen LogP contribution in [-0.2, 0) is 22.6 Å². The minimum atomic E-state index is -0.328. The number of amides is 2. The highest BCUT2D eigenvalue weighted by molar-refractivity contribution is 7.09. The molecule has 0 radical (unpaired) electrons. The second-order valence-electron chi connectivity index (χ2n) is 7.35. The van der Waals surface area contributed by atoms with Crippen molar-refractivity contribution in [3.05, 3.63) is 81.8 Å². The number of hydrogen-bond donors (Lipinski definition) is 1. The Morgan fingerprint density at radius 3 is 2.69 bits per heavy atom. The summed E-state index contributed by atoms with van der Waals surface area (Å²) in [7, 11) is 0. The highest BCUT2D eigenvalue weighted by Gasteiger charge is 2.35. The zero-order valence-corrected chi connectivity index (χ0v) is 17.1. The molecule has 1 N–H and O–H groups in total. The summed E-state index contributed by atoms with van der Waals surface area (Å²) in [5.41, 5.74) is 4.07. The van der Waals surface area contributed by atoms with Crippen molar-refractivity contribution >= 4 is 28.8 Å². The number of aromatic nitrogens is 1. The minimum absolute atomic E-state index is 0.00666. The molecule has 2 heterocycles. The van der Waals surface area contributed by atoms with E-state index >= 15 is 0 Å². The van der Waals surface area contributed by atoms with Crippen LogP contribution < -0.4 is 10.2 Å². The summed E-state index contributed by atoms with van der Waals surface area (Å²) in [5, 5.41) is 5.96. The molecule has 1 fully saturated rings. The second-order valence-corrected chi connectivity index (χ2v) is 8.30. The number of benzene rings is 2. The molecule has 1 unspecified atom stereocenters. The van der Waals surface area contributed by atoms with Crippen molar-refractivity contribution < 1.29 is 9.59 Å². The second kappa shape index (κ2) is 8.57. The standard InChI is InChI=1S/C23H23N3O2S/c1-16-7-9-20(10-8-16)26-14-18(12-22(26)27)23(28)24-13-19-15-29-21(25-19)11-17-5-3-2-4-6-17/h2-10,15,18H,11-14H2,1H3,(H,24,28). The van der Waals surface area contributed by atoms with Crippen molar-refractivity contribution in [1.29, 1.82) is 0 Å². The first-order valence-electron chi connectivity index (χ1n) is 9.70. The summed E-state index contributed by atoms with van der Waals surface area (Å²) < 4.78 is 0. The SMILES string of the molecule is Cc1ccc(N2CC(C(=O)NCc3csc(Cc4ccccc4)n3)CC2=O)cc1. The van der Waals surface area contributed by atoms with Crippen LogP contribution in [0.15, 0.2) is 60.0 Å². The van der Waals surface area contributed by atoms with Gasteiger partial charge in [0.1, 0.15) is 0 Å². The first kappa shape index (κ1) is 19.3. The molecule has 1 atom stereocenters. The van der Waals surface area contributed by atoms with Crippen LogP contribution in [0.25, 0.3) is 0 Å². The largest absolute Gasteiger partial charge is 0.350 e. The Labute approximate surface area is 174 Å². The smallest absolute Gasteiger partial charge is 0.227 e. The Bertz CT molecular complexity index is 998. The lowest BCUT2D eigenvalue weighted by Crippen LogP contribution is -2.32. The molecule has 0 spiro atoms. The van der Waals surface area contributed by atoms with Crippen molar-refractivity contribution in [2.24, 2.45) is 5.92 Å². The molecule has 0 bridgehead atoms. The Morgan fingerprint density at radius 2 is 1.93 bits per heavy atom. The van der Waals surface area contributed by atoms with Gasteiger partial charge in [-0.3, -0.25) is 9.59 Å². The Morgan fingerprint density at radius 1 is 1.17 bits per heavy atom. The maximum absolute atomic E-state index is 12.6. The molecule has 0 aliphatic carbocycles. The summed E-state index contributed by atoms with van der Waals surface area (Å²) >= 11 is 1.60. The predicted octanol–water partition coefficient (Wildman–Crippen LogP) is 3.71. The third kappa shape index (κ3) is 4.71. The van der Waals surface area contributed by atoms with Gasteiger partial charge in [-0.05, 0) is 24.6 Å². The number of thiazole rings is 1. The molecule has 4 rings (SSSR count). The van der Waals surface area contributed by atoms with Gasteiger partial charge in [0.2, 0.25) is 11.8 Å². The quantitative estimate of drug-likeness (QED) is 0.680. The van der Waals surface area contributed by atoms with E-state index in [-0.39, 0.29) is 24.2 Å². The Balaban J connectivity index is 1.31. The molecule has 1 aliphatic heterocycles. The van der Waals surface area contributed by atoms with E-state index in [1.807, 2.05) is 54.8 Å². The van der Waals surface area contributed by atoms with E-state index in [1.165, 1.54) is 5.56 Å². The van der Waals surface area contributed by atoms with Gasteiger partial charge in [-0.2, -0.15) is 0 Å². The molecular formula is C23H23N3O2S. The Hall–Kier alpha value is -2.99. The van der Waals surface area contributed by atoms with Crippen molar-refractivity contribution in [3.8, 4) is 0 Å². The number of rotatable bonds is 6. The van der Waals surface area contributed by atoms with Gasteiger partial charge in [-0.15, -0.1) is 11.3 Å². The van der Waals surface area contributed by atoms with Crippen molar-refractivity contribution in [1.82, 2.24) is 10.3 Å². The first-order chi connectivity index (χ1) is 14.1. The molecule has 5 nitrogen and oxygen atoms in total. The number of nitrogens with one attached hydrogen (secondary N) is 1. The van der Waals surface area contributed by atoms with Crippen LogP contribution in [0.2, 0.25) is 0 Å². The summed E-state index contributed by atoms with van der Waals surface area (Å²) in [4.78, 5) is 31.3. The topological polar surface area (TPSA) is 62.3 Å². The van der Waals surface area contributed by atoms with Gasteiger partial charge in [0.15, 0.2) is 0 Å². The van der Waals surface area contributed by atoms with Gasteiger partial charge < -0.3 is 10.2 Å². The van der Waals surface area contributed by atoms with Crippen molar-refractivity contribution in [2.45, 2.75) is 26.3 Å². The predicted molar refractivity (Wildman–Crippen MR) is 115 cm³/mol. The van der Waals surface area contributed by atoms with E-state index in [0.717, 1.165) is 28.4 Å². The lowest BCUT2D eigenvalue weighted by Gasteiger charge is -2.16. The summed E-state index contributed by atoms with van der Waals surface area (Å²) in [6, 6.07) is 18.0. The van der Waals surface area contributed by atoms with Crippen LogP contribution in [0.5, 0.6) is 0 Å². The average molecular weight is 406 g/mol. The van der Waals surface area contributed by atoms with E-state index < -0.39 is 0 Å². The summed E-state index contributed by atoms with van der Waals surface area (Å²) in [6.07, 6.45) is 1.04. The minimum Gasteiger partial charge on any atom is -0.350 e. The maximum atomic E-state index is 12.6. The molecule has 3 aromatic rings. The van der Waals surface area contributed by atoms with Gasteiger partial charge in [0.05, 0.1) is 23.2 Å².